The highest BCUT2D eigenvalue weighted by Crippen LogP contribution is 1.94. The molecular formula is C9H15N7. The number of aromatic amines is 1. The number of aryl methyl sites for hydroxylation is 2. The second-order valence-electron chi connectivity index (χ2n) is 3.56. The van der Waals surface area contributed by atoms with Crippen LogP contribution in [0.3, 0.4) is 0 Å². The summed E-state index contributed by atoms with van der Waals surface area (Å²) in [7, 11) is 1.89. The molecule has 0 aromatic carbocycles. The van der Waals surface area contributed by atoms with Crippen molar-refractivity contribution in [1.29, 1.82) is 0 Å². The lowest BCUT2D eigenvalue weighted by molar-refractivity contribution is 0.597. The molecule has 2 aromatic rings. The van der Waals surface area contributed by atoms with Crippen LogP contribution in [0.5, 0.6) is 0 Å². The molecule has 0 unspecified atom stereocenters. The maximum Gasteiger partial charge on any atom is 0.137 e. The molecule has 86 valence electrons. The van der Waals surface area contributed by atoms with Crippen molar-refractivity contribution in [1.82, 2.24) is 35.5 Å². The summed E-state index contributed by atoms with van der Waals surface area (Å²) in [5, 5.41) is 17.6. The predicted molar refractivity (Wildman–Crippen MR) is 57.4 cm³/mol. The van der Waals surface area contributed by atoms with Gasteiger partial charge in [-0.3, -0.25) is 9.78 Å². The average Bonchev–Trinajstić information content (AvgIpc) is 2.90. The van der Waals surface area contributed by atoms with E-state index in [0.29, 0.717) is 0 Å². The Balaban J connectivity index is 1.61. The molecule has 7 nitrogen and oxygen atoms in total. The van der Waals surface area contributed by atoms with Crippen LogP contribution in [0.15, 0.2) is 12.5 Å². The van der Waals surface area contributed by atoms with Gasteiger partial charge >= 0.3 is 0 Å². The minimum Gasteiger partial charge on any atom is -0.311 e. The van der Waals surface area contributed by atoms with E-state index in [9.17, 15) is 0 Å². The number of nitrogens with one attached hydrogen (secondary N) is 2. The lowest BCUT2D eigenvalue weighted by Gasteiger charge is -2.03. The van der Waals surface area contributed by atoms with Crippen LogP contribution in [0.4, 0.5) is 0 Å². The van der Waals surface area contributed by atoms with Crippen LogP contribution in [0.25, 0.3) is 0 Å². The summed E-state index contributed by atoms with van der Waals surface area (Å²) in [6.45, 7) is 1.73. The third-order valence-corrected chi connectivity index (χ3v) is 2.35. The van der Waals surface area contributed by atoms with Gasteiger partial charge in [0.25, 0.3) is 0 Å². The van der Waals surface area contributed by atoms with Gasteiger partial charge in [-0.1, -0.05) is 5.21 Å². The molecule has 0 radical (unpaired) electrons. The van der Waals surface area contributed by atoms with Crippen LogP contribution in [0.1, 0.15) is 17.9 Å². The molecule has 0 atom stereocenters. The molecule has 0 fully saturated rings. The standard InChI is InChI=1S/C9H15N7/c1-16-8(6-12-15-16)5-10-4-2-3-9-11-7-13-14-9/h6-7,10H,2-5H2,1H3,(H,11,13,14). The third kappa shape index (κ3) is 2.86. The number of rotatable bonds is 6. The van der Waals surface area contributed by atoms with Crippen LogP contribution in [0.2, 0.25) is 0 Å². The number of nitrogens with zero attached hydrogens (tertiary/aromatic N) is 5. The Labute approximate surface area is 93.3 Å². The Morgan fingerprint density at radius 2 is 2.44 bits per heavy atom. The van der Waals surface area contributed by atoms with Gasteiger partial charge in [-0.2, -0.15) is 5.10 Å². The Bertz CT molecular complexity index is 405. The summed E-state index contributed by atoms with van der Waals surface area (Å²) in [5.74, 6) is 0.934. The zero-order valence-electron chi connectivity index (χ0n) is 9.22. The fraction of sp³-hybridized carbons (Fsp3) is 0.556. The Kier molecular flexibility index (Phi) is 3.60. The molecule has 0 amide bonds. The van der Waals surface area contributed by atoms with E-state index < -0.39 is 0 Å². The van der Waals surface area contributed by atoms with Crippen LogP contribution < -0.4 is 5.32 Å². The van der Waals surface area contributed by atoms with Gasteiger partial charge in [0.15, 0.2) is 0 Å². The first-order valence-electron chi connectivity index (χ1n) is 5.25. The second kappa shape index (κ2) is 5.36. The first-order valence-corrected chi connectivity index (χ1v) is 5.25. The Morgan fingerprint density at radius 3 is 3.12 bits per heavy atom. The number of H-pyrrole nitrogens is 1. The molecule has 0 aliphatic rings. The SMILES string of the molecule is Cn1nncc1CNCCCc1ncn[nH]1. The zero-order valence-corrected chi connectivity index (χ0v) is 9.22. The van der Waals surface area contributed by atoms with Gasteiger partial charge in [-0.25, -0.2) is 4.98 Å². The van der Waals surface area contributed by atoms with Crippen LogP contribution in [-0.2, 0) is 20.0 Å². The zero-order chi connectivity index (χ0) is 11.2. The summed E-state index contributed by atoms with van der Waals surface area (Å²) >= 11 is 0. The van der Waals surface area contributed by atoms with Gasteiger partial charge < -0.3 is 5.32 Å². The Hall–Kier alpha value is -1.76. The lowest BCUT2D eigenvalue weighted by atomic mass is 10.3. The summed E-state index contributed by atoms with van der Waals surface area (Å²) in [4.78, 5) is 4.06. The van der Waals surface area contributed by atoms with E-state index in [1.165, 1.54) is 6.33 Å². The fourth-order valence-corrected chi connectivity index (χ4v) is 1.42. The van der Waals surface area contributed by atoms with E-state index in [-0.39, 0.29) is 0 Å². The Morgan fingerprint density at radius 1 is 1.50 bits per heavy atom. The van der Waals surface area contributed by atoms with E-state index in [4.69, 9.17) is 0 Å². The molecule has 0 bridgehead atoms. The van der Waals surface area contributed by atoms with E-state index in [1.807, 2.05) is 7.05 Å². The molecule has 0 saturated heterocycles. The number of aromatic nitrogens is 6. The van der Waals surface area contributed by atoms with Crippen molar-refractivity contribution in [3.05, 3.63) is 24.0 Å². The molecule has 0 spiro atoms. The molecule has 0 aliphatic carbocycles. The third-order valence-electron chi connectivity index (χ3n) is 2.35. The van der Waals surface area contributed by atoms with E-state index >= 15 is 0 Å². The van der Waals surface area contributed by atoms with Gasteiger partial charge in [0, 0.05) is 20.0 Å². The van der Waals surface area contributed by atoms with E-state index in [0.717, 1.165) is 37.4 Å². The first kappa shape index (κ1) is 10.7. The van der Waals surface area contributed by atoms with Gasteiger partial charge in [-0.05, 0) is 13.0 Å². The average molecular weight is 221 g/mol. The second-order valence-corrected chi connectivity index (χ2v) is 3.56. The van der Waals surface area contributed by atoms with Gasteiger partial charge in [0.1, 0.15) is 12.2 Å². The largest absolute Gasteiger partial charge is 0.311 e. The molecule has 0 saturated carbocycles. The first-order chi connectivity index (χ1) is 7.86. The number of hydrogen-bond acceptors (Lipinski definition) is 5. The van der Waals surface area contributed by atoms with E-state index in [1.54, 1.807) is 10.9 Å². The molecule has 2 heterocycles. The normalized spacial score (nSPS) is 10.8. The quantitative estimate of drug-likeness (QED) is 0.652. The molecule has 2 aromatic heterocycles. The summed E-state index contributed by atoms with van der Waals surface area (Å²) in [6, 6.07) is 0. The maximum atomic E-state index is 4.06. The monoisotopic (exact) mass is 221 g/mol. The van der Waals surface area contributed by atoms with Gasteiger partial charge in [-0.15, -0.1) is 5.10 Å². The van der Waals surface area contributed by atoms with Crippen molar-refractivity contribution in [2.45, 2.75) is 19.4 Å². The van der Waals surface area contributed by atoms with Crippen LogP contribution in [0, 0.1) is 0 Å². The maximum absolute atomic E-state index is 4.06. The predicted octanol–water partition coefficient (Wildman–Crippen LogP) is -0.344. The van der Waals surface area contributed by atoms with Crippen molar-refractivity contribution in [3.8, 4) is 0 Å². The van der Waals surface area contributed by atoms with Crippen molar-refractivity contribution in [2.75, 3.05) is 6.54 Å². The molecule has 2 N–H and O–H groups in total. The topological polar surface area (TPSA) is 84.3 Å². The molecule has 0 aliphatic heterocycles. The van der Waals surface area contributed by atoms with Crippen LogP contribution in [-0.4, -0.2) is 36.7 Å². The molecule has 16 heavy (non-hydrogen) atoms. The lowest BCUT2D eigenvalue weighted by Crippen LogP contribution is -2.17. The highest BCUT2D eigenvalue weighted by molar-refractivity contribution is 4.92. The van der Waals surface area contributed by atoms with Crippen molar-refractivity contribution in [3.63, 3.8) is 0 Å². The van der Waals surface area contributed by atoms with Crippen molar-refractivity contribution < 1.29 is 0 Å². The molecule has 7 heteroatoms. The van der Waals surface area contributed by atoms with Gasteiger partial charge in [0.05, 0.1) is 11.9 Å². The van der Waals surface area contributed by atoms with Crippen molar-refractivity contribution in [2.24, 2.45) is 7.05 Å². The highest BCUT2D eigenvalue weighted by atomic mass is 15.4. The minimum absolute atomic E-state index is 0.792. The molecule has 2 rings (SSSR count). The highest BCUT2D eigenvalue weighted by Gasteiger charge is 1.99. The fourth-order valence-electron chi connectivity index (χ4n) is 1.42. The summed E-state index contributed by atoms with van der Waals surface area (Å²) in [6.07, 6.45) is 5.24. The minimum atomic E-state index is 0.792. The smallest absolute Gasteiger partial charge is 0.137 e. The van der Waals surface area contributed by atoms with Crippen LogP contribution >= 0.6 is 0 Å². The van der Waals surface area contributed by atoms with Gasteiger partial charge in [0.2, 0.25) is 0 Å². The summed E-state index contributed by atoms with van der Waals surface area (Å²) < 4.78 is 1.77. The van der Waals surface area contributed by atoms with E-state index in [2.05, 4.69) is 30.8 Å². The molecular weight excluding hydrogens is 206 g/mol. The van der Waals surface area contributed by atoms with Crippen molar-refractivity contribution >= 4 is 0 Å². The number of hydrogen-bond donors (Lipinski definition) is 2. The summed E-state index contributed by atoms with van der Waals surface area (Å²) in [5.41, 5.74) is 1.08.